The monoisotopic (exact) mass is 364 g/mol. The third-order valence-corrected chi connectivity index (χ3v) is 4.88. The van der Waals surface area contributed by atoms with Crippen molar-refractivity contribution in [3.63, 3.8) is 0 Å². The van der Waals surface area contributed by atoms with E-state index in [2.05, 4.69) is 20.3 Å². The lowest BCUT2D eigenvalue weighted by molar-refractivity contribution is 0.0786. The van der Waals surface area contributed by atoms with Gasteiger partial charge in [-0.05, 0) is 38.7 Å². The molecule has 1 atom stereocenters. The molecule has 3 aromatic rings. The summed E-state index contributed by atoms with van der Waals surface area (Å²) in [6.07, 6.45) is 8.30. The van der Waals surface area contributed by atoms with Crippen LogP contribution < -0.4 is 0 Å². The van der Waals surface area contributed by atoms with E-state index in [9.17, 15) is 4.79 Å². The molecule has 1 fully saturated rings. The summed E-state index contributed by atoms with van der Waals surface area (Å²) in [6, 6.07) is 1.70. The number of carbonyl (C=O) groups excluding carboxylic acids is 1. The van der Waals surface area contributed by atoms with Gasteiger partial charge in [-0.1, -0.05) is 5.16 Å². The van der Waals surface area contributed by atoms with E-state index in [0.29, 0.717) is 18.0 Å². The smallest absolute Gasteiger partial charge is 0.255 e. The average Bonchev–Trinajstić information content (AvgIpc) is 3.28. The highest BCUT2D eigenvalue weighted by atomic mass is 16.5. The van der Waals surface area contributed by atoms with Crippen LogP contribution in [-0.4, -0.2) is 49.2 Å². The number of amides is 1. The summed E-state index contributed by atoms with van der Waals surface area (Å²) in [5.74, 6) is 1.10. The van der Waals surface area contributed by atoms with Gasteiger partial charge in [-0.3, -0.25) is 9.78 Å². The van der Waals surface area contributed by atoms with Gasteiger partial charge in [0.15, 0.2) is 0 Å². The highest BCUT2D eigenvalue weighted by molar-refractivity contribution is 5.93. The van der Waals surface area contributed by atoms with Crippen LogP contribution in [0, 0.1) is 19.8 Å². The molecule has 4 heterocycles. The van der Waals surface area contributed by atoms with E-state index in [0.717, 1.165) is 47.8 Å². The van der Waals surface area contributed by atoms with Gasteiger partial charge in [0.2, 0.25) is 0 Å². The van der Waals surface area contributed by atoms with E-state index in [-0.39, 0.29) is 5.91 Å². The van der Waals surface area contributed by atoms with E-state index < -0.39 is 0 Å². The van der Waals surface area contributed by atoms with Gasteiger partial charge >= 0.3 is 0 Å². The molecule has 1 aliphatic rings. The molecule has 8 heteroatoms. The number of nitrogens with zero attached hydrogens (tertiary/aromatic N) is 6. The highest BCUT2D eigenvalue weighted by Gasteiger charge is 2.27. The van der Waals surface area contributed by atoms with Crippen molar-refractivity contribution in [3.8, 4) is 11.3 Å². The van der Waals surface area contributed by atoms with Crippen molar-refractivity contribution in [3.05, 3.63) is 53.6 Å². The summed E-state index contributed by atoms with van der Waals surface area (Å²) in [5.41, 5.74) is 3.97. The second-order valence-electron chi connectivity index (χ2n) is 6.84. The van der Waals surface area contributed by atoms with Crippen LogP contribution in [0.3, 0.4) is 0 Å². The third-order valence-electron chi connectivity index (χ3n) is 4.88. The number of aryl methyl sites for hydroxylation is 2. The molecule has 0 spiro atoms. The topological polar surface area (TPSA) is 97.9 Å². The van der Waals surface area contributed by atoms with Crippen molar-refractivity contribution < 1.29 is 9.32 Å². The molecule has 8 nitrogen and oxygen atoms in total. The first kappa shape index (κ1) is 17.3. The van der Waals surface area contributed by atoms with Gasteiger partial charge < -0.3 is 9.42 Å². The van der Waals surface area contributed by atoms with Crippen LogP contribution in [0.2, 0.25) is 0 Å². The molecule has 1 amide bonds. The van der Waals surface area contributed by atoms with Crippen molar-refractivity contribution in [2.24, 2.45) is 5.92 Å². The maximum atomic E-state index is 12.5. The first-order valence-electron chi connectivity index (χ1n) is 8.92. The number of aromatic nitrogens is 5. The largest absolute Gasteiger partial charge is 0.361 e. The maximum absolute atomic E-state index is 12.5. The first-order chi connectivity index (χ1) is 13.1. The molecule has 27 heavy (non-hydrogen) atoms. The van der Waals surface area contributed by atoms with Gasteiger partial charge in [0.25, 0.3) is 5.91 Å². The van der Waals surface area contributed by atoms with Crippen molar-refractivity contribution in [2.45, 2.75) is 26.7 Å². The Morgan fingerprint density at radius 1 is 1.26 bits per heavy atom. The Morgan fingerprint density at radius 3 is 2.89 bits per heavy atom. The van der Waals surface area contributed by atoms with Crippen LogP contribution >= 0.6 is 0 Å². The minimum absolute atomic E-state index is 0.00274. The molecule has 0 aliphatic carbocycles. The molecule has 0 radical (unpaired) electrons. The number of hydrogen-bond acceptors (Lipinski definition) is 7. The second kappa shape index (κ2) is 7.22. The zero-order chi connectivity index (χ0) is 18.8. The number of likely N-dealkylation sites (tertiary alicyclic amines) is 1. The Kier molecular flexibility index (Phi) is 4.62. The zero-order valence-corrected chi connectivity index (χ0v) is 15.3. The molecular formula is C19H20N6O2. The number of carbonyl (C=O) groups is 1. The predicted molar refractivity (Wildman–Crippen MR) is 96.7 cm³/mol. The van der Waals surface area contributed by atoms with E-state index in [1.54, 1.807) is 18.5 Å². The second-order valence-corrected chi connectivity index (χ2v) is 6.84. The highest BCUT2D eigenvalue weighted by Crippen LogP contribution is 2.26. The lowest BCUT2D eigenvalue weighted by Crippen LogP contribution is -2.29. The quantitative estimate of drug-likeness (QED) is 0.700. The van der Waals surface area contributed by atoms with Crippen molar-refractivity contribution in [1.29, 1.82) is 0 Å². The number of rotatable bonds is 4. The zero-order valence-electron chi connectivity index (χ0n) is 15.3. The molecule has 0 N–H and O–H groups in total. The molecule has 3 aromatic heterocycles. The molecule has 1 saturated heterocycles. The lowest BCUT2D eigenvalue weighted by Gasteiger charge is -2.16. The lowest BCUT2D eigenvalue weighted by atomic mass is 10.0. The van der Waals surface area contributed by atoms with Crippen LogP contribution in [0.25, 0.3) is 11.3 Å². The molecule has 4 rings (SSSR count). The standard InChI is InChI=1S/C19H20N6O2/c1-12-18(13(2)27-24-12)17-10-20-9-16(23-17)7-14-4-6-25(11-14)19(26)15-3-5-21-22-8-15/h3,5,8-10,14H,4,6-7,11H2,1-2H3/t14-/m1/s1. The van der Waals surface area contributed by atoms with Crippen LogP contribution in [0.4, 0.5) is 0 Å². The molecular weight excluding hydrogens is 344 g/mol. The van der Waals surface area contributed by atoms with Gasteiger partial charge in [0.1, 0.15) is 5.76 Å². The molecule has 138 valence electrons. The summed E-state index contributed by atoms with van der Waals surface area (Å²) in [4.78, 5) is 23.5. The normalized spacial score (nSPS) is 16.7. The Morgan fingerprint density at radius 2 is 2.15 bits per heavy atom. The van der Waals surface area contributed by atoms with Crippen LogP contribution in [-0.2, 0) is 6.42 Å². The van der Waals surface area contributed by atoms with E-state index >= 15 is 0 Å². The fraction of sp³-hybridized carbons (Fsp3) is 0.368. The van der Waals surface area contributed by atoms with E-state index in [4.69, 9.17) is 9.51 Å². The van der Waals surface area contributed by atoms with Crippen molar-refractivity contribution in [2.75, 3.05) is 13.1 Å². The van der Waals surface area contributed by atoms with Crippen LogP contribution in [0.5, 0.6) is 0 Å². The fourth-order valence-electron chi connectivity index (χ4n) is 3.55. The van der Waals surface area contributed by atoms with E-state index in [1.807, 2.05) is 18.7 Å². The summed E-state index contributed by atoms with van der Waals surface area (Å²) in [7, 11) is 0. The minimum atomic E-state index is 0.00274. The SMILES string of the molecule is Cc1noc(C)c1-c1cncc(C[C@H]2CCN(C(=O)c3ccnnc3)C2)n1. The van der Waals surface area contributed by atoms with Crippen LogP contribution in [0.15, 0.2) is 35.4 Å². The third kappa shape index (κ3) is 3.55. The van der Waals surface area contributed by atoms with Crippen molar-refractivity contribution >= 4 is 5.91 Å². The summed E-state index contributed by atoms with van der Waals surface area (Å²) >= 11 is 0. The van der Waals surface area contributed by atoms with E-state index in [1.165, 1.54) is 12.4 Å². The average molecular weight is 364 g/mol. The molecule has 0 aromatic carbocycles. The molecule has 1 aliphatic heterocycles. The Balaban J connectivity index is 1.45. The Labute approximate surface area is 156 Å². The van der Waals surface area contributed by atoms with Gasteiger partial charge in [-0.2, -0.15) is 10.2 Å². The first-order valence-corrected chi connectivity index (χ1v) is 8.92. The van der Waals surface area contributed by atoms with Gasteiger partial charge in [0, 0.05) is 19.3 Å². The van der Waals surface area contributed by atoms with Gasteiger partial charge in [-0.15, -0.1) is 0 Å². The predicted octanol–water partition coefficient (Wildman–Crippen LogP) is 2.24. The van der Waals surface area contributed by atoms with Crippen LogP contribution in [0.1, 0.15) is 33.9 Å². The van der Waals surface area contributed by atoms with Crippen molar-refractivity contribution in [1.82, 2.24) is 30.2 Å². The minimum Gasteiger partial charge on any atom is -0.361 e. The molecule has 0 bridgehead atoms. The fourth-order valence-corrected chi connectivity index (χ4v) is 3.55. The van der Waals surface area contributed by atoms with Gasteiger partial charge in [0.05, 0.1) is 46.8 Å². The Bertz CT molecular complexity index is 936. The summed E-state index contributed by atoms with van der Waals surface area (Å²) in [5, 5.41) is 11.5. The maximum Gasteiger partial charge on any atom is 0.255 e. The number of hydrogen-bond donors (Lipinski definition) is 0. The summed E-state index contributed by atoms with van der Waals surface area (Å²) in [6.45, 7) is 5.22. The van der Waals surface area contributed by atoms with Gasteiger partial charge in [-0.25, -0.2) is 4.98 Å². The molecule has 0 saturated carbocycles. The summed E-state index contributed by atoms with van der Waals surface area (Å²) < 4.78 is 5.23. The molecule has 0 unspecified atom stereocenters. The Hall–Kier alpha value is -3.16.